The normalized spacial score (nSPS) is 12.2. The minimum atomic E-state index is -2.49. The van der Waals surface area contributed by atoms with E-state index in [1.165, 1.54) is 16.8 Å². The van der Waals surface area contributed by atoms with E-state index in [0.717, 1.165) is 5.32 Å². The molecule has 1 N–H and O–H groups in total. The highest BCUT2D eigenvalue weighted by Crippen LogP contribution is 2.20. The molecule has 1 heterocycles. The maximum Gasteiger partial charge on any atom is 0.263 e. The molecular weight excluding hydrogens is 280 g/mol. The molecule has 1 aromatic carbocycles. The first-order valence-corrected chi connectivity index (χ1v) is 9.79. The van der Waals surface area contributed by atoms with Gasteiger partial charge in [0.05, 0.1) is 23.3 Å². The number of aromatic nitrogens is 3. The second-order valence-electron chi connectivity index (χ2n) is 5.60. The maximum atomic E-state index is 12.5. The van der Waals surface area contributed by atoms with Crippen LogP contribution < -0.4 is 5.32 Å². The summed E-state index contributed by atoms with van der Waals surface area (Å²) in [6.07, 6.45) is -2.49. The number of halogens is 2. The van der Waals surface area contributed by atoms with E-state index in [2.05, 4.69) is 30.0 Å². The lowest BCUT2D eigenvalue weighted by molar-refractivity contribution is 0.151. The van der Waals surface area contributed by atoms with Crippen LogP contribution in [0.2, 0.25) is 19.6 Å². The molecule has 1 aromatic heterocycles. The van der Waals surface area contributed by atoms with Crippen LogP contribution in [-0.2, 0) is 6.61 Å². The Hall–Kier alpha value is -1.60. The molecule has 108 valence electrons. The molecule has 0 amide bonds. The molecule has 0 spiro atoms. The molecule has 2 aromatic rings. The third kappa shape index (κ3) is 2.78. The molecule has 0 aliphatic rings. The van der Waals surface area contributed by atoms with Crippen molar-refractivity contribution >= 4 is 13.4 Å². The van der Waals surface area contributed by atoms with Gasteiger partial charge in [0.1, 0.15) is 8.07 Å². The lowest BCUT2D eigenvalue weighted by atomic mass is 10.2. The van der Waals surface area contributed by atoms with Crippen LogP contribution in [0, 0.1) is 0 Å². The predicted molar refractivity (Wildman–Crippen MR) is 75.2 cm³/mol. The molecule has 0 aliphatic heterocycles. The number of hydrogen-bond donors (Lipinski definition) is 1. The van der Waals surface area contributed by atoms with E-state index in [1.54, 1.807) is 12.1 Å². The molecule has 0 fully saturated rings. The van der Waals surface area contributed by atoms with Crippen LogP contribution in [0.25, 0.3) is 5.69 Å². The van der Waals surface area contributed by atoms with E-state index in [4.69, 9.17) is 0 Å². The molecular formula is C13H17F2N3OSi. The predicted octanol–water partition coefficient (Wildman–Crippen LogP) is 2.24. The Kier molecular flexibility index (Phi) is 4.00. The monoisotopic (exact) mass is 297 g/mol. The van der Waals surface area contributed by atoms with Gasteiger partial charge in [-0.05, 0) is 12.1 Å². The van der Waals surface area contributed by atoms with Crippen LogP contribution in [0.1, 0.15) is 17.7 Å². The molecule has 4 nitrogen and oxygen atoms in total. The number of aliphatic hydroxyl groups excluding tert-OH is 1. The highest BCUT2D eigenvalue weighted by molar-refractivity contribution is 6.88. The van der Waals surface area contributed by atoms with Crippen molar-refractivity contribution in [2.45, 2.75) is 32.7 Å². The van der Waals surface area contributed by atoms with Gasteiger partial charge in [-0.15, -0.1) is 5.10 Å². The van der Waals surface area contributed by atoms with Gasteiger partial charge in [-0.25, -0.2) is 13.5 Å². The Morgan fingerprint density at radius 1 is 1.20 bits per heavy atom. The lowest BCUT2D eigenvalue weighted by Gasteiger charge is -2.14. The molecule has 20 heavy (non-hydrogen) atoms. The SMILES string of the molecule is C[Si](C)(C)c1nnn(-c2ccc(C(F)F)cc2)c1CO. The number of alkyl halides is 2. The molecule has 0 aliphatic carbocycles. The van der Waals surface area contributed by atoms with Crippen LogP contribution in [-0.4, -0.2) is 28.2 Å². The van der Waals surface area contributed by atoms with Crippen molar-refractivity contribution in [1.82, 2.24) is 15.0 Å². The Balaban J connectivity index is 2.45. The summed E-state index contributed by atoms with van der Waals surface area (Å²) in [6, 6.07) is 5.83. The zero-order valence-electron chi connectivity index (χ0n) is 11.6. The summed E-state index contributed by atoms with van der Waals surface area (Å²) in [5.74, 6) is 0. The van der Waals surface area contributed by atoms with Gasteiger partial charge in [-0.1, -0.05) is 37.0 Å². The number of nitrogens with zero attached hydrogens (tertiary/aromatic N) is 3. The Morgan fingerprint density at radius 3 is 2.25 bits per heavy atom. The minimum Gasteiger partial charge on any atom is -0.390 e. The van der Waals surface area contributed by atoms with E-state index in [9.17, 15) is 13.9 Å². The molecule has 0 saturated heterocycles. The fraction of sp³-hybridized carbons (Fsp3) is 0.385. The summed E-state index contributed by atoms with van der Waals surface area (Å²) in [7, 11) is -1.71. The van der Waals surface area contributed by atoms with E-state index in [1.807, 2.05) is 0 Å². The quantitative estimate of drug-likeness (QED) is 0.881. The van der Waals surface area contributed by atoms with E-state index < -0.39 is 14.5 Å². The first-order chi connectivity index (χ1) is 9.34. The zero-order chi connectivity index (χ0) is 14.9. The van der Waals surface area contributed by atoms with Crippen molar-refractivity contribution < 1.29 is 13.9 Å². The van der Waals surface area contributed by atoms with Crippen LogP contribution in [0.3, 0.4) is 0 Å². The molecule has 0 saturated carbocycles. The standard InChI is InChI=1S/C13H17F2N3OSi/c1-20(2,3)13-11(8-19)18(17-16-13)10-6-4-9(5-7-10)12(14)15/h4-7,12,19H,8H2,1-3H3. The van der Waals surface area contributed by atoms with Crippen LogP contribution in [0.5, 0.6) is 0 Å². The fourth-order valence-electron chi connectivity index (χ4n) is 1.99. The highest BCUT2D eigenvalue weighted by Gasteiger charge is 2.26. The van der Waals surface area contributed by atoms with Crippen molar-refractivity contribution in [3.8, 4) is 5.69 Å². The van der Waals surface area contributed by atoms with E-state index >= 15 is 0 Å². The van der Waals surface area contributed by atoms with Crippen LogP contribution >= 0.6 is 0 Å². The first-order valence-electron chi connectivity index (χ1n) is 6.29. The minimum absolute atomic E-state index is 0.0372. The van der Waals surface area contributed by atoms with Gasteiger partial charge in [0.2, 0.25) is 0 Å². The Bertz CT molecular complexity index is 591. The first kappa shape index (κ1) is 14.8. The average Bonchev–Trinajstić information content (AvgIpc) is 2.82. The second-order valence-corrected chi connectivity index (χ2v) is 10.6. The van der Waals surface area contributed by atoms with Gasteiger partial charge >= 0.3 is 0 Å². The maximum absolute atomic E-state index is 12.5. The van der Waals surface area contributed by atoms with Crippen molar-refractivity contribution in [3.63, 3.8) is 0 Å². The third-order valence-electron chi connectivity index (χ3n) is 3.01. The summed E-state index contributed by atoms with van der Waals surface area (Å²) in [5, 5.41) is 18.6. The van der Waals surface area contributed by atoms with E-state index in [0.29, 0.717) is 11.4 Å². The van der Waals surface area contributed by atoms with Crippen molar-refractivity contribution in [2.75, 3.05) is 0 Å². The average molecular weight is 297 g/mol. The number of aliphatic hydroxyl groups is 1. The highest BCUT2D eigenvalue weighted by atomic mass is 28.3. The second kappa shape index (κ2) is 5.41. The van der Waals surface area contributed by atoms with E-state index in [-0.39, 0.29) is 12.2 Å². The van der Waals surface area contributed by atoms with Gasteiger partial charge in [0.25, 0.3) is 6.43 Å². The van der Waals surface area contributed by atoms with Crippen molar-refractivity contribution in [1.29, 1.82) is 0 Å². The van der Waals surface area contributed by atoms with Gasteiger partial charge in [0.15, 0.2) is 0 Å². The fourth-order valence-corrected chi connectivity index (χ4v) is 3.39. The van der Waals surface area contributed by atoms with Gasteiger partial charge in [0, 0.05) is 5.56 Å². The Morgan fingerprint density at radius 2 is 1.80 bits per heavy atom. The smallest absolute Gasteiger partial charge is 0.263 e. The summed E-state index contributed by atoms with van der Waals surface area (Å²) < 4.78 is 26.6. The van der Waals surface area contributed by atoms with Gasteiger partial charge in [-0.3, -0.25) is 0 Å². The lowest BCUT2D eigenvalue weighted by Crippen LogP contribution is -2.41. The summed E-state index contributed by atoms with van der Waals surface area (Å²) in [4.78, 5) is 0. The number of hydrogen-bond acceptors (Lipinski definition) is 3. The summed E-state index contributed by atoms with van der Waals surface area (Å²) in [6.45, 7) is 6.16. The molecule has 0 atom stereocenters. The molecule has 0 bridgehead atoms. The topological polar surface area (TPSA) is 50.9 Å². The zero-order valence-corrected chi connectivity index (χ0v) is 12.6. The number of benzene rings is 1. The van der Waals surface area contributed by atoms with Crippen LogP contribution in [0.15, 0.2) is 24.3 Å². The number of rotatable bonds is 4. The van der Waals surface area contributed by atoms with Gasteiger partial charge in [-0.2, -0.15) is 0 Å². The largest absolute Gasteiger partial charge is 0.390 e. The molecule has 2 rings (SSSR count). The molecule has 0 radical (unpaired) electrons. The van der Waals surface area contributed by atoms with Crippen molar-refractivity contribution in [2.24, 2.45) is 0 Å². The third-order valence-corrected chi connectivity index (χ3v) is 4.82. The van der Waals surface area contributed by atoms with Crippen molar-refractivity contribution in [3.05, 3.63) is 35.5 Å². The summed E-state index contributed by atoms with van der Waals surface area (Å²) >= 11 is 0. The summed E-state index contributed by atoms with van der Waals surface area (Å²) in [5.41, 5.74) is 1.22. The molecule has 7 heteroatoms. The van der Waals surface area contributed by atoms with Crippen LogP contribution in [0.4, 0.5) is 8.78 Å². The Labute approximate surface area is 117 Å². The molecule has 0 unspecified atom stereocenters. The van der Waals surface area contributed by atoms with Gasteiger partial charge < -0.3 is 5.11 Å².